The van der Waals surface area contributed by atoms with Gasteiger partial charge in [0, 0.05) is 17.8 Å². The maximum Gasteiger partial charge on any atom is 0.0671 e. The molecule has 1 aromatic rings. The van der Waals surface area contributed by atoms with Crippen LogP contribution in [-0.4, -0.2) is 9.78 Å². The quantitative estimate of drug-likeness (QED) is 0.654. The van der Waals surface area contributed by atoms with E-state index in [9.17, 15) is 0 Å². The first-order chi connectivity index (χ1) is 8.58. The molecule has 0 bridgehead atoms. The average molecular weight is 271 g/mol. The lowest BCUT2D eigenvalue weighted by Gasteiger charge is -2.15. The molecule has 18 heavy (non-hydrogen) atoms. The molecule has 2 nitrogen and oxygen atoms in total. The molecule has 0 fully saturated rings. The Morgan fingerprint density at radius 2 is 1.72 bits per heavy atom. The van der Waals surface area contributed by atoms with E-state index in [1.807, 2.05) is 0 Å². The highest BCUT2D eigenvalue weighted by molar-refractivity contribution is 6.20. The SMILES string of the molecule is CCc1nn(CC(CC)CC)c(CC)c1C(C)Cl. The third kappa shape index (κ3) is 3.28. The summed E-state index contributed by atoms with van der Waals surface area (Å²) in [5.41, 5.74) is 3.79. The van der Waals surface area contributed by atoms with Crippen LogP contribution in [0.15, 0.2) is 0 Å². The predicted molar refractivity (Wildman–Crippen MR) is 79.3 cm³/mol. The first kappa shape index (κ1) is 15.6. The van der Waals surface area contributed by atoms with E-state index in [1.54, 1.807) is 0 Å². The van der Waals surface area contributed by atoms with Gasteiger partial charge in [-0.15, -0.1) is 11.6 Å². The molecule has 1 atom stereocenters. The molecule has 0 saturated heterocycles. The molecule has 3 heteroatoms. The van der Waals surface area contributed by atoms with Gasteiger partial charge in [-0.2, -0.15) is 5.10 Å². The van der Waals surface area contributed by atoms with Crippen LogP contribution in [0.1, 0.15) is 69.8 Å². The van der Waals surface area contributed by atoms with Crippen LogP contribution >= 0.6 is 11.6 Å². The molecule has 1 heterocycles. The summed E-state index contributed by atoms with van der Waals surface area (Å²) in [5, 5.41) is 4.85. The average Bonchev–Trinajstić information content (AvgIpc) is 2.73. The number of aromatic nitrogens is 2. The van der Waals surface area contributed by atoms with Crippen molar-refractivity contribution in [3.05, 3.63) is 17.0 Å². The summed E-state index contributed by atoms with van der Waals surface area (Å²) < 4.78 is 2.21. The fourth-order valence-electron chi connectivity index (χ4n) is 2.60. The van der Waals surface area contributed by atoms with Gasteiger partial charge in [-0.25, -0.2) is 0 Å². The zero-order chi connectivity index (χ0) is 13.7. The highest BCUT2D eigenvalue weighted by atomic mass is 35.5. The third-order valence-corrected chi connectivity index (χ3v) is 4.05. The molecule has 0 aliphatic heterocycles. The Kier molecular flexibility index (Phi) is 6.20. The Morgan fingerprint density at radius 3 is 2.11 bits per heavy atom. The van der Waals surface area contributed by atoms with Gasteiger partial charge in [-0.1, -0.05) is 40.5 Å². The lowest BCUT2D eigenvalue weighted by Crippen LogP contribution is -2.13. The summed E-state index contributed by atoms with van der Waals surface area (Å²) >= 11 is 6.34. The van der Waals surface area contributed by atoms with Gasteiger partial charge in [0.15, 0.2) is 0 Å². The van der Waals surface area contributed by atoms with E-state index in [4.69, 9.17) is 16.7 Å². The minimum Gasteiger partial charge on any atom is -0.269 e. The van der Waals surface area contributed by atoms with Gasteiger partial charge in [0.25, 0.3) is 0 Å². The molecular weight excluding hydrogens is 244 g/mol. The van der Waals surface area contributed by atoms with Crippen molar-refractivity contribution in [1.82, 2.24) is 9.78 Å². The van der Waals surface area contributed by atoms with E-state index in [2.05, 4.69) is 39.3 Å². The normalized spacial score (nSPS) is 13.3. The van der Waals surface area contributed by atoms with Crippen LogP contribution < -0.4 is 0 Å². The van der Waals surface area contributed by atoms with Crippen LogP contribution in [0.2, 0.25) is 0 Å². The molecule has 0 N–H and O–H groups in total. The minimum atomic E-state index is 0.0605. The van der Waals surface area contributed by atoms with E-state index in [-0.39, 0.29) is 5.38 Å². The van der Waals surface area contributed by atoms with Gasteiger partial charge in [-0.05, 0) is 25.7 Å². The van der Waals surface area contributed by atoms with Crippen molar-refractivity contribution >= 4 is 11.6 Å². The number of hydrogen-bond acceptors (Lipinski definition) is 1. The molecule has 104 valence electrons. The van der Waals surface area contributed by atoms with Crippen LogP contribution in [0.25, 0.3) is 0 Å². The van der Waals surface area contributed by atoms with Crippen molar-refractivity contribution in [3.8, 4) is 0 Å². The Labute approximate surface area is 117 Å². The molecule has 1 aromatic heterocycles. The smallest absolute Gasteiger partial charge is 0.0671 e. The maximum atomic E-state index is 6.34. The van der Waals surface area contributed by atoms with Crippen molar-refractivity contribution < 1.29 is 0 Å². The summed E-state index contributed by atoms with van der Waals surface area (Å²) in [4.78, 5) is 0. The molecule has 1 unspecified atom stereocenters. The van der Waals surface area contributed by atoms with Crippen molar-refractivity contribution in [2.24, 2.45) is 5.92 Å². The summed E-state index contributed by atoms with van der Waals surface area (Å²) in [6, 6.07) is 0. The zero-order valence-electron chi connectivity index (χ0n) is 12.5. The van der Waals surface area contributed by atoms with Crippen molar-refractivity contribution in [1.29, 1.82) is 0 Å². The van der Waals surface area contributed by atoms with Gasteiger partial charge < -0.3 is 0 Å². The lowest BCUT2D eigenvalue weighted by molar-refractivity contribution is 0.387. The van der Waals surface area contributed by atoms with Crippen LogP contribution in [0, 0.1) is 5.92 Å². The number of aryl methyl sites for hydroxylation is 1. The largest absolute Gasteiger partial charge is 0.269 e. The van der Waals surface area contributed by atoms with Crippen LogP contribution in [-0.2, 0) is 19.4 Å². The van der Waals surface area contributed by atoms with E-state index in [1.165, 1.54) is 29.8 Å². The number of nitrogens with zero attached hydrogens (tertiary/aromatic N) is 2. The molecule has 0 saturated carbocycles. The van der Waals surface area contributed by atoms with Crippen LogP contribution in [0.3, 0.4) is 0 Å². The molecule has 0 spiro atoms. The van der Waals surface area contributed by atoms with Gasteiger partial charge >= 0.3 is 0 Å². The summed E-state index contributed by atoms with van der Waals surface area (Å²) in [5.74, 6) is 0.721. The Morgan fingerprint density at radius 1 is 1.11 bits per heavy atom. The number of rotatable bonds is 7. The molecule has 0 amide bonds. The van der Waals surface area contributed by atoms with E-state index < -0.39 is 0 Å². The number of hydrogen-bond donors (Lipinski definition) is 0. The third-order valence-electron chi connectivity index (χ3n) is 3.83. The number of alkyl halides is 1. The molecule has 0 aliphatic rings. The Balaban J connectivity index is 3.11. The van der Waals surface area contributed by atoms with Gasteiger partial charge in [0.2, 0.25) is 0 Å². The van der Waals surface area contributed by atoms with Crippen molar-refractivity contribution in [2.75, 3.05) is 0 Å². The molecule has 0 aliphatic carbocycles. The molecule has 1 rings (SSSR count). The van der Waals surface area contributed by atoms with Crippen molar-refractivity contribution in [2.45, 2.75) is 72.2 Å². The zero-order valence-corrected chi connectivity index (χ0v) is 13.2. The van der Waals surface area contributed by atoms with Crippen LogP contribution in [0.4, 0.5) is 0 Å². The monoisotopic (exact) mass is 270 g/mol. The standard InChI is InChI=1S/C15H27ClN2/c1-6-12(7-2)10-18-14(9-4)15(11(5)16)13(8-3)17-18/h11-12H,6-10H2,1-5H3. The molecule has 0 radical (unpaired) electrons. The van der Waals surface area contributed by atoms with Gasteiger partial charge in [0.05, 0.1) is 11.1 Å². The maximum absolute atomic E-state index is 6.34. The van der Waals surface area contributed by atoms with Crippen LogP contribution in [0.5, 0.6) is 0 Å². The van der Waals surface area contributed by atoms with E-state index >= 15 is 0 Å². The number of halogens is 1. The topological polar surface area (TPSA) is 17.8 Å². The highest BCUT2D eigenvalue weighted by Gasteiger charge is 2.20. The second kappa shape index (κ2) is 7.18. The summed E-state index contributed by atoms with van der Waals surface area (Å²) in [6.45, 7) is 12.0. The molecular formula is C15H27ClN2. The second-order valence-corrected chi connectivity index (χ2v) is 5.65. The minimum absolute atomic E-state index is 0.0605. The Bertz CT molecular complexity index is 365. The van der Waals surface area contributed by atoms with Crippen molar-refractivity contribution in [3.63, 3.8) is 0 Å². The summed E-state index contributed by atoms with van der Waals surface area (Å²) in [6.07, 6.45) is 4.41. The van der Waals surface area contributed by atoms with Gasteiger partial charge in [0.1, 0.15) is 0 Å². The first-order valence-electron chi connectivity index (χ1n) is 7.31. The van der Waals surface area contributed by atoms with Gasteiger partial charge in [-0.3, -0.25) is 4.68 Å². The van der Waals surface area contributed by atoms with E-state index in [0.717, 1.165) is 25.3 Å². The predicted octanol–water partition coefficient (Wildman–Crippen LogP) is 4.74. The fraction of sp³-hybridized carbons (Fsp3) is 0.800. The second-order valence-electron chi connectivity index (χ2n) is 4.99. The first-order valence-corrected chi connectivity index (χ1v) is 7.74. The van der Waals surface area contributed by atoms with E-state index in [0.29, 0.717) is 0 Å². The fourth-order valence-corrected chi connectivity index (χ4v) is 2.85. The lowest BCUT2D eigenvalue weighted by atomic mass is 10.0. The Hall–Kier alpha value is -0.500. The molecule has 0 aromatic carbocycles. The summed E-state index contributed by atoms with van der Waals surface area (Å²) in [7, 11) is 0. The highest BCUT2D eigenvalue weighted by Crippen LogP contribution is 2.29.